The Morgan fingerprint density at radius 2 is 1.19 bits per heavy atom. The Bertz CT molecular complexity index is 3070. The van der Waals surface area contributed by atoms with Crippen molar-refractivity contribution in [3.8, 4) is 17.2 Å². The van der Waals surface area contributed by atoms with Crippen LogP contribution >= 0.6 is 0 Å². The van der Waals surface area contributed by atoms with E-state index in [4.69, 9.17) is 14.4 Å². The van der Waals surface area contributed by atoms with Crippen LogP contribution in [-0.2, 0) is 0 Å². The molecule has 0 saturated carbocycles. The molecular weight excluding hydrogens is 576 g/mol. The first-order valence-electron chi connectivity index (χ1n) is 15.9. The van der Waals surface area contributed by atoms with E-state index in [0.717, 1.165) is 71.6 Å². The van der Waals surface area contributed by atoms with Crippen molar-refractivity contribution in [3.05, 3.63) is 140 Å². The third-order valence-corrected chi connectivity index (χ3v) is 9.72. The van der Waals surface area contributed by atoms with Crippen molar-refractivity contribution >= 4 is 87.2 Å². The number of benzene rings is 7. The number of rotatable bonds is 2. The van der Waals surface area contributed by atoms with Crippen LogP contribution in [0, 0.1) is 0 Å². The molecule has 5 heteroatoms. The molecule has 0 atom stereocenters. The number of para-hydroxylation sites is 3. The second-order valence-electron chi connectivity index (χ2n) is 12.2. The van der Waals surface area contributed by atoms with E-state index in [9.17, 15) is 0 Å². The lowest BCUT2D eigenvalue weighted by molar-refractivity contribution is 0.672. The van der Waals surface area contributed by atoms with Crippen molar-refractivity contribution in [2.24, 2.45) is 0 Å². The Morgan fingerprint density at radius 1 is 0.511 bits per heavy atom. The molecule has 7 aromatic carbocycles. The summed E-state index contributed by atoms with van der Waals surface area (Å²) in [6, 6.07) is 48.7. The van der Waals surface area contributed by atoms with Crippen LogP contribution in [-0.4, -0.2) is 19.5 Å². The molecule has 0 unspecified atom stereocenters. The zero-order chi connectivity index (χ0) is 30.6. The van der Waals surface area contributed by atoms with Gasteiger partial charge in [-0.15, -0.1) is 0 Å². The number of nitrogens with one attached hydrogen (secondary N) is 1. The highest BCUT2D eigenvalue weighted by Crippen LogP contribution is 2.45. The second-order valence-corrected chi connectivity index (χ2v) is 12.2. The maximum Gasteiger partial charge on any atom is 0.235 e. The Labute approximate surface area is 267 Å². The molecule has 0 amide bonds. The molecule has 1 N–H and O–H groups in total. The van der Waals surface area contributed by atoms with E-state index >= 15 is 0 Å². The van der Waals surface area contributed by atoms with Crippen molar-refractivity contribution in [1.82, 2.24) is 19.5 Å². The van der Waals surface area contributed by atoms with Crippen LogP contribution in [0.5, 0.6) is 0 Å². The summed E-state index contributed by atoms with van der Waals surface area (Å²) in [4.78, 5) is 14.6. The summed E-state index contributed by atoms with van der Waals surface area (Å²) in [5, 5.41) is 10.3. The normalized spacial score (nSPS) is 12.3. The van der Waals surface area contributed by atoms with Gasteiger partial charge in [-0.3, -0.25) is 4.57 Å². The Hall–Kier alpha value is -6.46. The van der Waals surface area contributed by atoms with Gasteiger partial charge in [-0.1, -0.05) is 109 Å². The molecule has 0 aliphatic heterocycles. The fraction of sp³-hybridized carbons (Fsp3) is 0. The zero-order valence-corrected chi connectivity index (χ0v) is 25.0. The summed E-state index contributed by atoms with van der Waals surface area (Å²) in [5.41, 5.74) is 8.66. The monoisotopic (exact) mass is 600 g/mol. The molecule has 0 aliphatic carbocycles. The molecule has 11 rings (SSSR count). The van der Waals surface area contributed by atoms with E-state index in [0.29, 0.717) is 5.95 Å². The summed E-state index contributed by atoms with van der Waals surface area (Å²) in [5.74, 6) is 0.619. The number of hydrogen-bond donors (Lipinski definition) is 1. The van der Waals surface area contributed by atoms with Crippen molar-refractivity contribution in [3.63, 3.8) is 0 Å². The van der Waals surface area contributed by atoms with Gasteiger partial charge in [0, 0.05) is 43.4 Å². The number of aromatic amines is 1. The highest BCUT2D eigenvalue weighted by atomic mass is 16.3. The van der Waals surface area contributed by atoms with Crippen molar-refractivity contribution < 1.29 is 4.42 Å². The third kappa shape index (κ3) is 3.27. The van der Waals surface area contributed by atoms with Gasteiger partial charge in [-0.2, -0.15) is 0 Å². The van der Waals surface area contributed by atoms with Gasteiger partial charge >= 0.3 is 0 Å². The molecule has 4 heterocycles. The number of H-pyrrole nitrogens is 1. The van der Waals surface area contributed by atoms with Gasteiger partial charge in [0.25, 0.3) is 0 Å². The maximum absolute atomic E-state index is 6.55. The van der Waals surface area contributed by atoms with Crippen LogP contribution in [0.25, 0.3) is 104 Å². The molecule has 0 radical (unpaired) electrons. The number of furan rings is 1. The van der Waals surface area contributed by atoms with Crippen LogP contribution in [0.15, 0.2) is 144 Å². The smallest absolute Gasteiger partial charge is 0.235 e. The van der Waals surface area contributed by atoms with Crippen molar-refractivity contribution in [2.75, 3.05) is 0 Å². The standard InChI is InChI=1S/C42H24N4O/c1-2-12-24(13-3-1)38-37-32(23-22-28-25-14-8-11-21-34(25)47-41(28)37)44-42(45-38)46-33-20-10-7-18-30(33)36-27-16-5-4-15-26(27)35-29-17-6-9-19-31(29)43-39(35)40(36)46/h1-23,43H. The summed E-state index contributed by atoms with van der Waals surface area (Å²) in [6.45, 7) is 0. The van der Waals surface area contributed by atoms with E-state index in [2.05, 4.69) is 131 Å². The third-order valence-electron chi connectivity index (χ3n) is 9.72. The number of nitrogens with zero attached hydrogens (tertiary/aromatic N) is 3. The molecule has 5 nitrogen and oxygen atoms in total. The van der Waals surface area contributed by atoms with E-state index in [1.54, 1.807) is 0 Å². The number of aromatic nitrogens is 4. The Morgan fingerprint density at radius 3 is 2.04 bits per heavy atom. The average Bonchev–Trinajstić information content (AvgIpc) is 3.82. The Kier molecular flexibility index (Phi) is 4.78. The highest BCUT2D eigenvalue weighted by Gasteiger charge is 2.24. The van der Waals surface area contributed by atoms with E-state index in [-0.39, 0.29) is 0 Å². The topological polar surface area (TPSA) is 59.6 Å². The van der Waals surface area contributed by atoms with E-state index in [1.165, 1.54) is 26.9 Å². The molecule has 0 spiro atoms. The minimum Gasteiger partial charge on any atom is -0.455 e. The predicted molar refractivity (Wildman–Crippen MR) is 193 cm³/mol. The average molecular weight is 601 g/mol. The molecule has 0 saturated heterocycles. The highest BCUT2D eigenvalue weighted by molar-refractivity contribution is 6.35. The van der Waals surface area contributed by atoms with Gasteiger partial charge in [0.2, 0.25) is 5.95 Å². The molecule has 11 aromatic rings. The van der Waals surface area contributed by atoms with Crippen molar-refractivity contribution in [1.29, 1.82) is 0 Å². The van der Waals surface area contributed by atoms with Gasteiger partial charge in [0.1, 0.15) is 11.2 Å². The van der Waals surface area contributed by atoms with Crippen LogP contribution < -0.4 is 0 Å². The first-order valence-corrected chi connectivity index (χ1v) is 15.9. The summed E-state index contributed by atoms with van der Waals surface area (Å²) < 4.78 is 8.80. The van der Waals surface area contributed by atoms with Gasteiger partial charge < -0.3 is 9.40 Å². The second kappa shape index (κ2) is 9.05. The summed E-state index contributed by atoms with van der Waals surface area (Å²) in [7, 11) is 0. The molecule has 0 aliphatic rings. The van der Waals surface area contributed by atoms with E-state index in [1.807, 2.05) is 18.2 Å². The SMILES string of the molecule is c1ccc(-c2nc(-n3c4ccccc4c4c5ccccc5c5c6ccccc6[nH]c5c43)nc3ccc4c5ccccc5oc4c23)cc1. The molecular formula is C42H24N4O. The van der Waals surface area contributed by atoms with Crippen molar-refractivity contribution in [2.45, 2.75) is 0 Å². The van der Waals surface area contributed by atoms with Crippen LogP contribution in [0.4, 0.5) is 0 Å². The number of fused-ring (bicyclic) bond motifs is 15. The van der Waals surface area contributed by atoms with Gasteiger partial charge in [0.15, 0.2) is 0 Å². The largest absolute Gasteiger partial charge is 0.455 e. The van der Waals surface area contributed by atoms with Gasteiger partial charge in [0.05, 0.1) is 33.1 Å². The molecule has 0 bridgehead atoms. The Balaban J connectivity index is 1.36. The van der Waals surface area contributed by atoms with Crippen LogP contribution in [0.3, 0.4) is 0 Å². The molecule has 218 valence electrons. The quantitative estimate of drug-likeness (QED) is 0.215. The molecule has 0 fully saturated rings. The fourth-order valence-corrected chi connectivity index (χ4v) is 7.77. The summed E-state index contributed by atoms with van der Waals surface area (Å²) in [6.07, 6.45) is 0. The lowest BCUT2D eigenvalue weighted by Crippen LogP contribution is -2.04. The molecule has 4 aromatic heterocycles. The number of hydrogen-bond acceptors (Lipinski definition) is 3. The minimum absolute atomic E-state index is 0.619. The van der Waals surface area contributed by atoms with Crippen LogP contribution in [0.1, 0.15) is 0 Å². The van der Waals surface area contributed by atoms with E-state index < -0.39 is 0 Å². The zero-order valence-electron chi connectivity index (χ0n) is 25.0. The van der Waals surface area contributed by atoms with Gasteiger partial charge in [-0.25, -0.2) is 9.97 Å². The van der Waals surface area contributed by atoms with Crippen LogP contribution in [0.2, 0.25) is 0 Å². The van der Waals surface area contributed by atoms with Gasteiger partial charge in [-0.05, 0) is 41.1 Å². The first kappa shape index (κ1) is 24.8. The molecule has 47 heavy (non-hydrogen) atoms. The first-order chi connectivity index (χ1) is 23.3. The lowest BCUT2D eigenvalue weighted by Gasteiger charge is -2.13. The predicted octanol–water partition coefficient (Wildman–Crippen LogP) is 11.1. The maximum atomic E-state index is 6.55. The summed E-state index contributed by atoms with van der Waals surface area (Å²) >= 11 is 0. The fourth-order valence-electron chi connectivity index (χ4n) is 7.77. The lowest BCUT2D eigenvalue weighted by atomic mass is 9.99. The minimum atomic E-state index is 0.619.